The van der Waals surface area contributed by atoms with E-state index in [-0.39, 0.29) is 5.75 Å². The van der Waals surface area contributed by atoms with Crippen LogP contribution in [0, 0.1) is 29.6 Å². The van der Waals surface area contributed by atoms with E-state index in [0.717, 1.165) is 29.6 Å². The minimum atomic E-state index is -4.62. The molecule has 4 atom stereocenters. The molecule has 0 aliphatic heterocycles. The van der Waals surface area contributed by atoms with E-state index in [1.165, 1.54) is 94.7 Å². The first-order valence-electron chi connectivity index (χ1n) is 12.3. The van der Waals surface area contributed by atoms with Crippen molar-refractivity contribution in [1.82, 2.24) is 0 Å². The van der Waals surface area contributed by atoms with Crippen LogP contribution in [0.1, 0.15) is 95.5 Å². The Labute approximate surface area is 179 Å². The molecule has 30 heavy (non-hydrogen) atoms. The van der Waals surface area contributed by atoms with Gasteiger partial charge in [0.15, 0.2) is 0 Å². The average molecular weight is 423 g/mol. The Balaban J connectivity index is 1.27. The summed E-state index contributed by atoms with van der Waals surface area (Å²) in [5, 5.41) is 0. The molecule has 1 aromatic rings. The number of rotatable bonds is 5. The van der Waals surface area contributed by atoms with Crippen molar-refractivity contribution < 1.29 is 17.9 Å². The third kappa shape index (κ3) is 5.53. The third-order valence-corrected chi connectivity index (χ3v) is 8.49. The van der Waals surface area contributed by atoms with E-state index in [1.807, 2.05) is 12.1 Å². The van der Waals surface area contributed by atoms with Crippen LogP contribution >= 0.6 is 0 Å². The Morgan fingerprint density at radius 1 is 0.767 bits per heavy atom. The number of halogens is 3. The van der Waals surface area contributed by atoms with Crippen molar-refractivity contribution in [3.05, 3.63) is 29.8 Å². The van der Waals surface area contributed by atoms with Crippen LogP contribution in [-0.4, -0.2) is 6.36 Å². The topological polar surface area (TPSA) is 9.23 Å². The van der Waals surface area contributed by atoms with Gasteiger partial charge in [-0.2, -0.15) is 0 Å². The van der Waals surface area contributed by atoms with Crippen LogP contribution in [0.4, 0.5) is 13.2 Å². The van der Waals surface area contributed by atoms with Crippen molar-refractivity contribution in [2.45, 2.75) is 96.3 Å². The molecule has 4 heteroatoms. The van der Waals surface area contributed by atoms with Gasteiger partial charge in [0, 0.05) is 0 Å². The molecule has 1 aromatic carbocycles. The minimum Gasteiger partial charge on any atom is -0.406 e. The fourth-order valence-electron chi connectivity index (χ4n) is 6.95. The first kappa shape index (κ1) is 22.0. The Morgan fingerprint density at radius 2 is 1.33 bits per heavy atom. The molecule has 3 aliphatic carbocycles. The quantitative estimate of drug-likeness (QED) is 0.462. The van der Waals surface area contributed by atoms with Gasteiger partial charge in [-0.1, -0.05) is 44.7 Å². The lowest BCUT2D eigenvalue weighted by Gasteiger charge is -2.45. The zero-order valence-corrected chi connectivity index (χ0v) is 18.3. The van der Waals surface area contributed by atoms with Gasteiger partial charge in [-0.05, 0) is 105 Å². The molecule has 0 aromatic heterocycles. The van der Waals surface area contributed by atoms with Gasteiger partial charge in [-0.25, -0.2) is 0 Å². The lowest BCUT2D eigenvalue weighted by atomic mass is 9.60. The van der Waals surface area contributed by atoms with E-state index in [9.17, 15) is 13.2 Å². The minimum absolute atomic E-state index is 0.117. The SMILES string of the molecule is CCCC1CCC([C@@H]2CC[C@@H]3C[C@H](c4ccc(OC(F)(F)F)cc4)CC[C@@H]3C2)CC1. The molecule has 1 nitrogen and oxygen atoms in total. The normalized spacial score (nSPS) is 34.9. The van der Waals surface area contributed by atoms with E-state index < -0.39 is 6.36 Å². The maximum Gasteiger partial charge on any atom is 0.573 e. The van der Waals surface area contributed by atoms with Gasteiger partial charge in [-0.3, -0.25) is 0 Å². The number of ether oxygens (including phenoxy) is 1. The Hall–Kier alpha value is -1.19. The number of benzene rings is 1. The van der Waals surface area contributed by atoms with E-state index in [2.05, 4.69) is 11.7 Å². The Bertz CT molecular complexity index is 660. The molecule has 168 valence electrons. The van der Waals surface area contributed by atoms with Gasteiger partial charge >= 0.3 is 6.36 Å². The van der Waals surface area contributed by atoms with E-state index in [0.29, 0.717) is 5.92 Å². The highest BCUT2D eigenvalue weighted by Crippen LogP contribution is 2.51. The maximum atomic E-state index is 12.4. The smallest absolute Gasteiger partial charge is 0.406 e. The highest BCUT2D eigenvalue weighted by atomic mass is 19.4. The first-order chi connectivity index (χ1) is 14.4. The summed E-state index contributed by atoms with van der Waals surface area (Å²) in [5.41, 5.74) is 1.18. The maximum absolute atomic E-state index is 12.4. The summed E-state index contributed by atoms with van der Waals surface area (Å²) in [6.07, 6.45) is 11.8. The second-order valence-corrected chi connectivity index (χ2v) is 10.3. The van der Waals surface area contributed by atoms with Crippen molar-refractivity contribution >= 4 is 0 Å². The highest BCUT2D eigenvalue weighted by Gasteiger charge is 2.39. The van der Waals surface area contributed by atoms with E-state index in [4.69, 9.17) is 0 Å². The monoisotopic (exact) mass is 422 g/mol. The summed E-state index contributed by atoms with van der Waals surface area (Å²) in [6, 6.07) is 6.63. The molecule has 3 fully saturated rings. The zero-order valence-electron chi connectivity index (χ0n) is 18.3. The molecule has 0 N–H and O–H groups in total. The number of hydrogen-bond acceptors (Lipinski definition) is 1. The third-order valence-electron chi connectivity index (χ3n) is 8.49. The summed E-state index contributed by atoms with van der Waals surface area (Å²) < 4.78 is 41.2. The number of hydrogen-bond donors (Lipinski definition) is 0. The second kappa shape index (κ2) is 9.53. The summed E-state index contributed by atoms with van der Waals surface area (Å²) in [5.74, 6) is 4.97. The standard InChI is InChI=1S/C26H37F3O/c1-2-3-18-4-6-19(7-5-18)21-8-10-24-17-22(9-11-23(24)16-21)20-12-14-25(15-13-20)30-26(27,28)29/h12-15,18-19,21-24H,2-11,16-17H2,1H3/t18?,19?,21-,22-,23-,24-/m1/s1. The number of fused-ring (bicyclic) bond motifs is 1. The van der Waals surface area contributed by atoms with Gasteiger partial charge in [0.1, 0.15) is 5.75 Å². The molecule has 0 unspecified atom stereocenters. The number of alkyl halides is 3. The molecule has 3 aliphatic rings. The largest absolute Gasteiger partial charge is 0.573 e. The van der Waals surface area contributed by atoms with Crippen LogP contribution in [0.5, 0.6) is 5.75 Å². The molecule has 0 bridgehead atoms. The van der Waals surface area contributed by atoms with Gasteiger partial charge in [0.2, 0.25) is 0 Å². The average Bonchev–Trinajstić information content (AvgIpc) is 2.73. The fraction of sp³-hybridized carbons (Fsp3) is 0.769. The molecular weight excluding hydrogens is 385 g/mol. The fourth-order valence-corrected chi connectivity index (χ4v) is 6.95. The molecule has 0 heterocycles. The molecule has 0 saturated heterocycles. The van der Waals surface area contributed by atoms with Crippen LogP contribution in [-0.2, 0) is 0 Å². The van der Waals surface area contributed by atoms with Crippen molar-refractivity contribution in [2.75, 3.05) is 0 Å². The zero-order chi connectivity index (χ0) is 21.1. The van der Waals surface area contributed by atoms with Gasteiger partial charge in [0.25, 0.3) is 0 Å². The predicted octanol–water partition coefficient (Wildman–Crippen LogP) is 8.49. The molecule has 4 rings (SSSR count). The molecule has 0 spiro atoms. The summed E-state index contributed by atoms with van der Waals surface area (Å²) in [7, 11) is 0. The van der Waals surface area contributed by atoms with Gasteiger partial charge in [-0.15, -0.1) is 13.2 Å². The van der Waals surface area contributed by atoms with E-state index >= 15 is 0 Å². The van der Waals surface area contributed by atoms with Crippen LogP contribution < -0.4 is 4.74 Å². The Kier molecular flexibility index (Phi) is 6.99. The van der Waals surface area contributed by atoms with Crippen LogP contribution in [0.2, 0.25) is 0 Å². The van der Waals surface area contributed by atoms with Crippen LogP contribution in [0.15, 0.2) is 24.3 Å². The summed E-state index contributed by atoms with van der Waals surface area (Å²) in [6.45, 7) is 2.31. The van der Waals surface area contributed by atoms with Crippen molar-refractivity contribution in [3.63, 3.8) is 0 Å². The molecular formula is C26H37F3O. The Morgan fingerprint density at radius 3 is 1.97 bits per heavy atom. The second-order valence-electron chi connectivity index (χ2n) is 10.3. The summed E-state index contributed by atoms with van der Waals surface area (Å²) >= 11 is 0. The highest BCUT2D eigenvalue weighted by molar-refractivity contribution is 5.30. The summed E-state index contributed by atoms with van der Waals surface area (Å²) in [4.78, 5) is 0. The first-order valence-corrected chi connectivity index (χ1v) is 12.3. The van der Waals surface area contributed by atoms with Crippen molar-refractivity contribution in [3.8, 4) is 5.75 Å². The molecule has 3 saturated carbocycles. The van der Waals surface area contributed by atoms with Crippen LogP contribution in [0.3, 0.4) is 0 Å². The van der Waals surface area contributed by atoms with Crippen molar-refractivity contribution in [2.24, 2.45) is 29.6 Å². The molecule has 0 amide bonds. The van der Waals surface area contributed by atoms with Crippen molar-refractivity contribution in [1.29, 1.82) is 0 Å². The van der Waals surface area contributed by atoms with Crippen LogP contribution in [0.25, 0.3) is 0 Å². The van der Waals surface area contributed by atoms with Gasteiger partial charge in [0.05, 0.1) is 0 Å². The molecule has 0 radical (unpaired) electrons. The van der Waals surface area contributed by atoms with Gasteiger partial charge < -0.3 is 4.74 Å². The predicted molar refractivity (Wildman–Crippen MR) is 114 cm³/mol. The lowest BCUT2D eigenvalue weighted by molar-refractivity contribution is -0.274. The van der Waals surface area contributed by atoms with E-state index in [1.54, 1.807) is 0 Å². The lowest BCUT2D eigenvalue weighted by Crippen LogP contribution is -2.34.